The summed E-state index contributed by atoms with van der Waals surface area (Å²) in [6, 6.07) is 8.68. The second-order valence-corrected chi connectivity index (χ2v) is 4.80. The molecule has 0 fully saturated rings. The molecule has 15 heavy (non-hydrogen) atoms. The third-order valence-electron chi connectivity index (χ3n) is 2.23. The Balaban J connectivity index is 2.05. The van der Waals surface area contributed by atoms with Crippen LogP contribution in [0, 0.1) is 6.92 Å². The zero-order valence-electron chi connectivity index (χ0n) is 8.76. The Morgan fingerprint density at radius 3 is 2.07 bits per heavy atom. The number of allylic oxidation sites excluding steroid dienone is 4. The first-order valence-corrected chi connectivity index (χ1v) is 5.97. The van der Waals surface area contributed by atoms with Crippen LogP contribution in [0.1, 0.15) is 5.56 Å². The molecule has 1 aliphatic carbocycles. The third-order valence-corrected chi connectivity index (χ3v) is 3.36. The van der Waals surface area contributed by atoms with Crippen LogP contribution in [0.25, 0.3) is 0 Å². The van der Waals surface area contributed by atoms with Gasteiger partial charge >= 0.3 is 0 Å². The minimum Gasteiger partial charge on any atom is -0.114 e. The Kier molecular flexibility index (Phi) is 3.46. The van der Waals surface area contributed by atoms with Gasteiger partial charge in [-0.2, -0.15) is 0 Å². The number of benzene rings is 1. The standard InChI is InChI=1S/C14H14S/c1-12-8-10-14(11-9-12)15-13-6-4-2-3-5-7-13/h2-11,13H,1H3. The molecule has 0 heterocycles. The fraction of sp³-hybridized carbons (Fsp3) is 0.143. The Morgan fingerprint density at radius 2 is 1.47 bits per heavy atom. The highest BCUT2D eigenvalue weighted by molar-refractivity contribution is 8.00. The highest BCUT2D eigenvalue weighted by Gasteiger charge is 2.02. The molecule has 0 amide bonds. The predicted octanol–water partition coefficient (Wildman–Crippen LogP) is 4.14. The van der Waals surface area contributed by atoms with Crippen molar-refractivity contribution in [3.8, 4) is 0 Å². The van der Waals surface area contributed by atoms with Crippen molar-refractivity contribution in [2.75, 3.05) is 0 Å². The summed E-state index contributed by atoms with van der Waals surface area (Å²) in [6.45, 7) is 2.11. The van der Waals surface area contributed by atoms with Gasteiger partial charge in [0.2, 0.25) is 0 Å². The van der Waals surface area contributed by atoms with Crippen molar-refractivity contribution >= 4 is 11.8 Å². The Labute approximate surface area is 95.4 Å². The summed E-state index contributed by atoms with van der Waals surface area (Å²) in [5.41, 5.74) is 1.31. The average Bonchev–Trinajstić information content (AvgIpc) is 2.50. The molecule has 76 valence electrons. The molecule has 0 saturated heterocycles. The van der Waals surface area contributed by atoms with Crippen LogP contribution in [0.2, 0.25) is 0 Å². The minimum absolute atomic E-state index is 0.447. The Morgan fingerprint density at radius 1 is 0.867 bits per heavy atom. The van der Waals surface area contributed by atoms with Gasteiger partial charge < -0.3 is 0 Å². The molecule has 0 nitrogen and oxygen atoms in total. The topological polar surface area (TPSA) is 0 Å². The van der Waals surface area contributed by atoms with Gasteiger partial charge in [-0.25, -0.2) is 0 Å². The summed E-state index contributed by atoms with van der Waals surface area (Å²) in [5, 5.41) is 0.447. The van der Waals surface area contributed by atoms with E-state index < -0.39 is 0 Å². The number of rotatable bonds is 2. The highest BCUT2D eigenvalue weighted by Crippen LogP contribution is 2.26. The average molecular weight is 214 g/mol. The highest BCUT2D eigenvalue weighted by atomic mass is 32.2. The molecule has 1 aliphatic rings. The number of thioether (sulfide) groups is 1. The van der Waals surface area contributed by atoms with Gasteiger partial charge in [-0.3, -0.25) is 0 Å². The van der Waals surface area contributed by atoms with Crippen molar-refractivity contribution in [2.24, 2.45) is 0 Å². The molecule has 0 saturated carbocycles. The number of hydrogen-bond donors (Lipinski definition) is 0. The monoisotopic (exact) mass is 214 g/mol. The lowest BCUT2D eigenvalue weighted by molar-refractivity contribution is 1.35. The van der Waals surface area contributed by atoms with Crippen LogP contribution >= 0.6 is 11.8 Å². The lowest BCUT2D eigenvalue weighted by atomic mass is 10.2. The zero-order chi connectivity index (χ0) is 10.5. The van der Waals surface area contributed by atoms with Crippen molar-refractivity contribution in [1.29, 1.82) is 0 Å². The van der Waals surface area contributed by atoms with Gasteiger partial charge in [0, 0.05) is 10.1 Å². The smallest absolute Gasteiger partial charge is 0.0461 e. The van der Waals surface area contributed by atoms with E-state index in [0.717, 1.165) is 0 Å². The maximum Gasteiger partial charge on any atom is 0.0461 e. The van der Waals surface area contributed by atoms with Crippen molar-refractivity contribution in [2.45, 2.75) is 17.1 Å². The maximum atomic E-state index is 2.21. The van der Waals surface area contributed by atoms with Gasteiger partial charge in [0.1, 0.15) is 0 Å². The van der Waals surface area contributed by atoms with Gasteiger partial charge in [-0.1, -0.05) is 54.2 Å². The molecule has 0 aromatic heterocycles. The number of aryl methyl sites for hydroxylation is 1. The second-order valence-electron chi connectivity index (χ2n) is 3.55. The van der Waals surface area contributed by atoms with Gasteiger partial charge in [0.15, 0.2) is 0 Å². The molecule has 0 spiro atoms. The summed E-state index contributed by atoms with van der Waals surface area (Å²) in [6.07, 6.45) is 12.8. The third kappa shape index (κ3) is 3.14. The van der Waals surface area contributed by atoms with E-state index in [1.54, 1.807) is 0 Å². The van der Waals surface area contributed by atoms with Gasteiger partial charge in [0.25, 0.3) is 0 Å². The summed E-state index contributed by atoms with van der Waals surface area (Å²) in [7, 11) is 0. The van der Waals surface area contributed by atoms with E-state index in [0.29, 0.717) is 5.25 Å². The molecule has 1 aromatic rings. The van der Waals surface area contributed by atoms with E-state index in [1.165, 1.54) is 10.5 Å². The molecule has 2 rings (SSSR count). The van der Waals surface area contributed by atoms with E-state index in [-0.39, 0.29) is 0 Å². The first-order valence-electron chi connectivity index (χ1n) is 5.09. The van der Waals surface area contributed by atoms with Gasteiger partial charge in [0.05, 0.1) is 0 Å². The van der Waals surface area contributed by atoms with Crippen molar-refractivity contribution in [3.63, 3.8) is 0 Å². The zero-order valence-corrected chi connectivity index (χ0v) is 9.58. The summed E-state index contributed by atoms with van der Waals surface area (Å²) in [4.78, 5) is 1.32. The molecule has 0 atom stereocenters. The number of hydrogen-bond acceptors (Lipinski definition) is 1. The fourth-order valence-corrected chi connectivity index (χ4v) is 2.34. The van der Waals surface area contributed by atoms with Crippen molar-refractivity contribution in [3.05, 3.63) is 66.3 Å². The van der Waals surface area contributed by atoms with Crippen LogP contribution in [0.4, 0.5) is 0 Å². The lowest BCUT2D eigenvalue weighted by Crippen LogP contribution is -1.91. The Hall–Kier alpha value is -1.21. The molecule has 0 radical (unpaired) electrons. The van der Waals surface area contributed by atoms with Crippen LogP contribution < -0.4 is 0 Å². The minimum atomic E-state index is 0.447. The molecule has 0 bridgehead atoms. The lowest BCUT2D eigenvalue weighted by Gasteiger charge is -2.06. The molecule has 0 N–H and O–H groups in total. The van der Waals surface area contributed by atoms with Gasteiger partial charge in [-0.15, -0.1) is 11.8 Å². The normalized spacial score (nSPS) is 15.5. The molecule has 1 aromatic carbocycles. The molecule has 1 heteroatoms. The van der Waals surface area contributed by atoms with Crippen LogP contribution in [0.3, 0.4) is 0 Å². The first-order chi connectivity index (χ1) is 7.34. The van der Waals surface area contributed by atoms with E-state index in [4.69, 9.17) is 0 Å². The van der Waals surface area contributed by atoms with E-state index in [1.807, 2.05) is 11.8 Å². The van der Waals surface area contributed by atoms with E-state index >= 15 is 0 Å². The van der Waals surface area contributed by atoms with E-state index in [2.05, 4.69) is 67.6 Å². The first kappa shape index (κ1) is 10.3. The largest absolute Gasteiger partial charge is 0.114 e. The predicted molar refractivity (Wildman–Crippen MR) is 68.2 cm³/mol. The Bertz CT molecular complexity index is 380. The van der Waals surface area contributed by atoms with Crippen LogP contribution in [0.15, 0.2) is 65.6 Å². The van der Waals surface area contributed by atoms with E-state index in [9.17, 15) is 0 Å². The molecular weight excluding hydrogens is 200 g/mol. The summed E-state index contributed by atoms with van der Waals surface area (Å²) < 4.78 is 0. The van der Waals surface area contributed by atoms with Crippen molar-refractivity contribution in [1.82, 2.24) is 0 Å². The van der Waals surface area contributed by atoms with Crippen LogP contribution in [-0.2, 0) is 0 Å². The molecular formula is C14H14S. The summed E-state index contributed by atoms with van der Waals surface area (Å²) in [5.74, 6) is 0. The second kappa shape index (κ2) is 5.04. The van der Waals surface area contributed by atoms with Crippen LogP contribution in [-0.4, -0.2) is 5.25 Å². The quantitative estimate of drug-likeness (QED) is 0.713. The molecule has 0 unspecified atom stereocenters. The SMILES string of the molecule is Cc1ccc(SC2C=CC=CC=C2)cc1. The fourth-order valence-electron chi connectivity index (χ4n) is 1.39. The maximum absolute atomic E-state index is 2.21. The summed E-state index contributed by atoms with van der Waals surface area (Å²) >= 11 is 1.87. The molecule has 0 aliphatic heterocycles. The van der Waals surface area contributed by atoms with Gasteiger partial charge in [-0.05, 0) is 19.1 Å². The van der Waals surface area contributed by atoms with Crippen molar-refractivity contribution < 1.29 is 0 Å². The van der Waals surface area contributed by atoms with Crippen LogP contribution in [0.5, 0.6) is 0 Å².